The molecule has 2 aliphatic carbocycles. The molecule has 0 bridgehead atoms. The molecule has 1 atom stereocenters. The van der Waals surface area contributed by atoms with Crippen molar-refractivity contribution in [1.29, 1.82) is 0 Å². The molecule has 3 nitrogen and oxygen atoms in total. The summed E-state index contributed by atoms with van der Waals surface area (Å²) in [4.78, 5) is 11.3. The normalized spacial score (nSPS) is 29.2. The Morgan fingerprint density at radius 2 is 1.54 bits per heavy atom. The van der Waals surface area contributed by atoms with Crippen LogP contribution < -0.4 is 4.74 Å². The summed E-state index contributed by atoms with van der Waals surface area (Å²) in [6.45, 7) is 0.913. The van der Waals surface area contributed by atoms with Crippen LogP contribution in [0.5, 0.6) is 5.75 Å². The monoisotopic (exact) mass is 392 g/mol. The van der Waals surface area contributed by atoms with Gasteiger partial charge in [-0.2, -0.15) is 8.78 Å². The van der Waals surface area contributed by atoms with E-state index in [0.717, 1.165) is 44.4 Å². The number of carboxylic acid groups (broad SMARTS) is 1. The van der Waals surface area contributed by atoms with E-state index in [4.69, 9.17) is 0 Å². The second-order valence-electron chi connectivity index (χ2n) is 8.33. The molecule has 3 rings (SSSR count). The van der Waals surface area contributed by atoms with Crippen molar-refractivity contribution >= 4 is 5.97 Å². The van der Waals surface area contributed by atoms with Crippen molar-refractivity contribution in [3.63, 3.8) is 0 Å². The summed E-state index contributed by atoms with van der Waals surface area (Å²) < 4.78 is 29.0. The van der Waals surface area contributed by atoms with E-state index in [9.17, 15) is 18.7 Å². The van der Waals surface area contributed by atoms with E-state index in [0.29, 0.717) is 11.8 Å². The van der Waals surface area contributed by atoms with Crippen molar-refractivity contribution in [1.82, 2.24) is 0 Å². The Hall–Kier alpha value is -1.91. The van der Waals surface area contributed by atoms with Gasteiger partial charge in [0.2, 0.25) is 0 Å². The maximum atomic E-state index is 12.3. The van der Waals surface area contributed by atoms with Crippen LogP contribution in [0.25, 0.3) is 0 Å². The smallest absolute Gasteiger partial charge is 0.387 e. The second kappa shape index (κ2) is 9.53. The van der Waals surface area contributed by atoms with Gasteiger partial charge >= 0.3 is 12.6 Å². The molecule has 1 unspecified atom stereocenters. The van der Waals surface area contributed by atoms with Crippen molar-refractivity contribution < 1.29 is 23.4 Å². The summed E-state index contributed by atoms with van der Waals surface area (Å²) in [7, 11) is 0. The molecule has 1 N–H and O–H groups in total. The number of rotatable bonds is 7. The quantitative estimate of drug-likeness (QED) is 0.558. The van der Waals surface area contributed by atoms with E-state index in [1.165, 1.54) is 18.4 Å². The zero-order chi connectivity index (χ0) is 20.1. The Balaban J connectivity index is 1.47. The molecule has 1 aromatic rings. The molecular formula is C23H30F2O3. The Morgan fingerprint density at radius 1 is 1.00 bits per heavy atom. The minimum atomic E-state index is -2.78. The van der Waals surface area contributed by atoms with Gasteiger partial charge in [0.25, 0.3) is 0 Å². The molecule has 0 saturated heterocycles. The summed E-state index contributed by atoms with van der Waals surface area (Å²) in [6, 6.07) is 7.09. The molecule has 0 aliphatic heterocycles. The zero-order valence-electron chi connectivity index (χ0n) is 16.2. The molecule has 2 saturated carbocycles. The van der Waals surface area contributed by atoms with E-state index < -0.39 is 18.5 Å². The topological polar surface area (TPSA) is 46.5 Å². The predicted octanol–water partition coefficient (Wildman–Crippen LogP) is 6.26. The third-order valence-electron chi connectivity index (χ3n) is 6.88. The lowest BCUT2D eigenvalue weighted by Gasteiger charge is -2.38. The van der Waals surface area contributed by atoms with Crippen molar-refractivity contribution in [2.24, 2.45) is 23.7 Å². The molecule has 154 valence electrons. The van der Waals surface area contributed by atoms with Crippen LogP contribution in [0, 0.1) is 23.7 Å². The maximum absolute atomic E-state index is 12.3. The van der Waals surface area contributed by atoms with E-state index in [1.807, 2.05) is 12.1 Å². The first-order chi connectivity index (χ1) is 13.5. The lowest BCUT2D eigenvalue weighted by molar-refractivity contribution is -0.142. The number of aliphatic carboxylic acids is 1. The van der Waals surface area contributed by atoms with Crippen LogP contribution >= 0.6 is 0 Å². The number of ether oxygens (including phenoxy) is 1. The van der Waals surface area contributed by atoms with E-state index >= 15 is 0 Å². The lowest BCUT2D eigenvalue weighted by atomic mass is 9.67. The second-order valence-corrected chi connectivity index (χ2v) is 8.33. The van der Waals surface area contributed by atoms with Crippen molar-refractivity contribution in [3.05, 3.63) is 42.5 Å². The van der Waals surface area contributed by atoms with Gasteiger partial charge in [-0.15, -0.1) is 6.58 Å². The molecule has 0 aromatic heterocycles. The van der Waals surface area contributed by atoms with Gasteiger partial charge < -0.3 is 9.84 Å². The van der Waals surface area contributed by atoms with Gasteiger partial charge in [0.05, 0.1) is 5.92 Å². The van der Waals surface area contributed by atoms with Crippen molar-refractivity contribution in [3.8, 4) is 5.75 Å². The maximum Gasteiger partial charge on any atom is 0.387 e. The molecule has 0 radical (unpaired) electrons. The molecule has 5 heteroatoms. The first-order valence-electron chi connectivity index (χ1n) is 10.4. The van der Waals surface area contributed by atoms with Crippen LogP contribution in [-0.4, -0.2) is 17.7 Å². The molecule has 1 aromatic carbocycles. The standard InChI is InChI=1S/C23H30F2O3/c1-2-21(22(26)27)19-9-7-17(8-10-19)15-3-5-16(6-4-15)18-11-13-20(14-12-18)28-23(24)25/h2,11-17,19,21,23H,1,3-10H2,(H,26,27)/t15-,16-,17?,19?,21?. The van der Waals surface area contributed by atoms with Crippen LogP contribution in [-0.2, 0) is 4.79 Å². The van der Waals surface area contributed by atoms with E-state index in [-0.39, 0.29) is 11.7 Å². The van der Waals surface area contributed by atoms with Gasteiger partial charge in [-0.05, 0) is 92.7 Å². The summed E-state index contributed by atoms with van der Waals surface area (Å²) >= 11 is 0. The number of hydrogen-bond acceptors (Lipinski definition) is 2. The van der Waals surface area contributed by atoms with Crippen LogP contribution in [0.3, 0.4) is 0 Å². The van der Waals surface area contributed by atoms with Crippen molar-refractivity contribution in [2.45, 2.75) is 63.9 Å². The van der Waals surface area contributed by atoms with Crippen LogP contribution in [0.1, 0.15) is 62.8 Å². The number of hydrogen-bond donors (Lipinski definition) is 1. The van der Waals surface area contributed by atoms with Crippen LogP contribution in [0.4, 0.5) is 8.78 Å². The molecule has 2 fully saturated rings. The highest BCUT2D eigenvalue weighted by Crippen LogP contribution is 2.45. The van der Waals surface area contributed by atoms with Gasteiger partial charge in [0, 0.05) is 0 Å². The predicted molar refractivity (Wildman–Crippen MR) is 105 cm³/mol. The highest BCUT2D eigenvalue weighted by atomic mass is 19.3. The number of benzene rings is 1. The number of halogens is 2. The van der Waals surface area contributed by atoms with Gasteiger partial charge in [0.1, 0.15) is 5.75 Å². The molecule has 2 aliphatic rings. The molecular weight excluding hydrogens is 362 g/mol. The van der Waals surface area contributed by atoms with Crippen molar-refractivity contribution in [2.75, 3.05) is 0 Å². The molecule has 28 heavy (non-hydrogen) atoms. The van der Waals surface area contributed by atoms with E-state index in [1.54, 1.807) is 18.2 Å². The van der Waals surface area contributed by atoms with Crippen LogP contribution in [0.15, 0.2) is 36.9 Å². The first kappa shape index (κ1) is 20.8. The fourth-order valence-electron chi connectivity index (χ4n) is 5.32. The zero-order valence-corrected chi connectivity index (χ0v) is 16.2. The van der Waals surface area contributed by atoms with Gasteiger partial charge in [-0.1, -0.05) is 18.2 Å². The third kappa shape index (κ3) is 5.12. The van der Waals surface area contributed by atoms with Gasteiger partial charge in [-0.25, -0.2) is 0 Å². The summed E-state index contributed by atoms with van der Waals surface area (Å²) in [6.07, 6.45) is 10.5. The molecule has 0 amide bonds. The molecule has 0 spiro atoms. The van der Waals surface area contributed by atoms with E-state index in [2.05, 4.69) is 11.3 Å². The van der Waals surface area contributed by atoms with Gasteiger partial charge in [-0.3, -0.25) is 4.79 Å². The fourth-order valence-corrected chi connectivity index (χ4v) is 5.32. The largest absolute Gasteiger partial charge is 0.481 e. The Morgan fingerprint density at radius 3 is 2.00 bits per heavy atom. The summed E-state index contributed by atoms with van der Waals surface area (Å²) in [5.41, 5.74) is 1.21. The summed E-state index contributed by atoms with van der Waals surface area (Å²) in [5.74, 6) is 1.21. The van der Waals surface area contributed by atoms with Gasteiger partial charge in [0.15, 0.2) is 0 Å². The summed E-state index contributed by atoms with van der Waals surface area (Å²) in [5, 5.41) is 9.32. The number of carboxylic acids is 1. The molecule has 0 heterocycles. The fraction of sp³-hybridized carbons (Fsp3) is 0.609. The number of alkyl halides is 2. The Kier molecular flexibility index (Phi) is 7.08. The highest BCUT2D eigenvalue weighted by Gasteiger charge is 2.34. The lowest BCUT2D eigenvalue weighted by Crippen LogP contribution is -2.30. The Labute approximate surface area is 165 Å². The average Bonchev–Trinajstić information content (AvgIpc) is 2.69. The number of carbonyl (C=O) groups is 1. The first-order valence-corrected chi connectivity index (χ1v) is 10.4. The SMILES string of the molecule is C=CC(C(=O)O)C1CCC([C@H]2CC[C@H](c3ccc(OC(F)F)cc3)CC2)CC1. The average molecular weight is 392 g/mol. The minimum absolute atomic E-state index is 0.211. The minimum Gasteiger partial charge on any atom is -0.481 e. The van der Waals surface area contributed by atoms with Crippen LogP contribution in [0.2, 0.25) is 0 Å². The Bertz CT molecular complexity index is 642. The third-order valence-corrected chi connectivity index (χ3v) is 6.88. The highest BCUT2D eigenvalue weighted by molar-refractivity contribution is 5.72.